The molecule has 3 N–H and O–H groups in total. The van der Waals surface area contributed by atoms with E-state index in [-0.39, 0.29) is 6.04 Å². The lowest BCUT2D eigenvalue weighted by Crippen LogP contribution is -2.29. The van der Waals surface area contributed by atoms with E-state index in [0.29, 0.717) is 0 Å². The van der Waals surface area contributed by atoms with Crippen molar-refractivity contribution in [3.05, 3.63) is 53.7 Å². The highest BCUT2D eigenvalue weighted by Crippen LogP contribution is 2.23. The summed E-state index contributed by atoms with van der Waals surface area (Å²) in [6.45, 7) is 1.99. The van der Waals surface area contributed by atoms with Crippen molar-refractivity contribution in [3.63, 3.8) is 0 Å². The fraction of sp³-hybridized carbons (Fsp3) is 0.182. The van der Waals surface area contributed by atoms with Crippen LogP contribution >= 0.6 is 0 Å². The predicted molar refractivity (Wildman–Crippen MR) is 56.8 cm³/mol. The van der Waals surface area contributed by atoms with Crippen molar-refractivity contribution in [3.8, 4) is 0 Å². The fourth-order valence-corrected chi connectivity index (χ4v) is 1.55. The van der Waals surface area contributed by atoms with Crippen molar-refractivity contribution in [1.82, 2.24) is 10.4 Å². The summed E-state index contributed by atoms with van der Waals surface area (Å²) < 4.78 is 5.40. The maximum absolute atomic E-state index is 5.53. The Balaban J connectivity index is 2.37. The fourth-order valence-electron chi connectivity index (χ4n) is 1.55. The summed E-state index contributed by atoms with van der Waals surface area (Å²) in [5.74, 6) is 6.35. The molecule has 2 rings (SSSR count). The molecule has 0 saturated carbocycles. The molecule has 1 unspecified atom stereocenters. The van der Waals surface area contributed by atoms with Crippen molar-refractivity contribution in [1.29, 1.82) is 0 Å². The van der Waals surface area contributed by atoms with Gasteiger partial charge in [0, 0.05) is 12.4 Å². The van der Waals surface area contributed by atoms with E-state index in [4.69, 9.17) is 10.3 Å². The Kier molecular flexibility index (Phi) is 2.80. The number of aryl methyl sites for hydroxylation is 1. The predicted octanol–water partition coefficient (Wildman–Crippen LogP) is 1.54. The summed E-state index contributed by atoms with van der Waals surface area (Å²) in [5.41, 5.74) is 4.78. The molecular formula is C11H13N3O. The molecule has 0 aliphatic rings. The van der Waals surface area contributed by atoms with Crippen molar-refractivity contribution in [2.24, 2.45) is 5.84 Å². The zero-order valence-corrected chi connectivity index (χ0v) is 8.47. The van der Waals surface area contributed by atoms with E-state index in [1.807, 2.05) is 25.1 Å². The summed E-state index contributed by atoms with van der Waals surface area (Å²) in [4.78, 5) is 4.06. The van der Waals surface area contributed by atoms with Crippen LogP contribution in [0.1, 0.15) is 22.9 Å². The first kappa shape index (κ1) is 9.89. The van der Waals surface area contributed by atoms with Crippen LogP contribution in [0, 0.1) is 6.92 Å². The van der Waals surface area contributed by atoms with E-state index in [0.717, 1.165) is 16.9 Å². The second-order valence-corrected chi connectivity index (χ2v) is 3.35. The van der Waals surface area contributed by atoms with Crippen LogP contribution in [0.4, 0.5) is 0 Å². The van der Waals surface area contributed by atoms with Gasteiger partial charge in [0.25, 0.3) is 0 Å². The Hall–Kier alpha value is -1.65. The van der Waals surface area contributed by atoms with Gasteiger partial charge in [-0.25, -0.2) is 5.43 Å². The van der Waals surface area contributed by atoms with Gasteiger partial charge in [0.15, 0.2) is 0 Å². The molecule has 0 aliphatic heterocycles. The Morgan fingerprint density at radius 3 is 2.87 bits per heavy atom. The number of hydrazine groups is 1. The van der Waals surface area contributed by atoms with Crippen molar-refractivity contribution < 1.29 is 4.42 Å². The number of rotatable bonds is 3. The molecule has 0 saturated heterocycles. The zero-order chi connectivity index (χ0) is 10.7. The smallest absolute Gasteiger partial charge is 0.129 e. The number of aromatic nitrogens is 1. The highest BCUT2D eigenvalue weighted by Gasteiger charge is 2.17. The number of hydrogen-bond donors (Lipinski definition) is 2. The third kappa shape index (κ3) is 1.91. The lowest BCUT2D eigenvalue weighted by atomic mass is 10.1. The Morgan fingerprint density at radius 2 is 2.33 bits per heavy atom. The zero-order valence-electron chi connectivity index (χ0n) is 8.47. The van der Waals surface area contributed by atoms with E-state index >= 15 is 0 Å². The van der Waals surface area contributed by atoms with Crippen LogP contribution in [0.15, 0.2) is 41.3 Å². The normalized spacial score (nSPS) is 12.7. The number of pyridine rings is 1. The number of furan rings is 1. The van der Waals surface area contributed by atoms with Crippen LogP contribution in [0.2, 0.25) is 0 Å². The Morgan fingerprint density at radius 1 is 1.47 bits per heavy atom. The minimum Gasteiger partial charge on any atom is -0.467 e. The van der Waals surface area contributed by atoms with Crippen LogP contribution in [-0.2, 0) is 0 Å². The van der Waals surface area contributed by atoms with Crippen molar-refractivity contribution in [2.45, 2.75) is 13.0 Å². The molecular weight excluding hydrogens is 190 g/mol. The summed E-state index contributed by atoms with van der Waals surface area (Å²) in [7, 11) is 0. The van der Waals surface area contributed by atoms with Crippen LogP contribution in [-0.4, -0.2) is 4.98 Å². The van der Waals surface area contributed by atoms with Gasteiger partial charge in [-0.3, -0.25) is 10.8 Å². The molecule has 2 aromatic heterocycles. The molecule has 4 heteroatoms. The van der Waals surface area contributed by atoms with Gasteiger partial charge in [-0.15, -0.1) is 0 Å². The molecule has 0 spiro atoms. The number of nitrogens with zero attached hydrogens (tertiary/aromatic N) is 1. The average Bonchev–Trinajstić information content (AvgIpc) is 2.68. The van der Waals surface area contributed by atoms with Gasteiger partial charge in [0.2, 0.25) is 0 Å². The Labute approximate surface area is 88.1 Å². The van der Waals surface area contributed by atoms with E-state index in [2.05, 4.69) is 10.4 Å². The summed E-state index contributed by atoms with van der Waals surface area (Å²) in [6, 6.07) is 5.60. The first-order valence-electron chi connectivity index (χ1n) is 4.73. The Bertz CT molecular complexity index is 424. The molecule has 0 fully saturated rings. The average molecular weight is 203 g/mol. The summed E-state index contributed by atoms with van der Waals surface area (Å²) in [5, 5.41) is 0. The van der Waals surface area contributed by atoms with Gasteiger partial charge in [-0.2, -0.15) is 0 Å². The lowest BCUT2D eigenvalue weighted by molar-refractivity contribution is 0.449. The van der Waals surface area contributed by atoms with E-state index in [1.54, 1.807) is 18.7 Å². The third-order valence-corrected chi connectivity index (χ3v) is 2.35. The van der Waals surface area contributed by atoms with Gasteiger partial charge in [-0.05, 0) is 30.2 Å². The molecule has 78 valence electrons. The van der Waals surface area contributed by atoms with Gasteiger partial charge < -0.3 is 4.42 Å². The third-order valence-electron chi connectivity index (χ3n) is 2.35. The second kappa shape index (κ2) is 4.25. The highest BCUT2D eigenvalue weighted by atomic mass is 16.3. The number of hydrogen-bond acceptors (Lipinski definition) is 4. The van der Waals surface area contributed by atoms with E-state index in [9.17, 15) is 0 Å². The van der Waals surface area contributed by atoms with Crippen LogP contribution in [0.3, 0.4) is 0 Å². The molecule has 0 amide bonds. The molecule has 15 heavy (non-hydrogen) atoms. The lowest BCUT2D eigenvalue weighted by Gasteiger charge is -2.14. The van der Waals surface area contributed by atoms with Crippen LogP contribution in [0.5, 0.6) is 0 Å². The largest absolute Gasteiger partial charge is 0.467 e. The minimum absolute atomic E-state index is 0.145. The highest BCUT2D eigenvalue weighted by molar-refractivity contribution is 5.28. The minimum atomic E-state index is -0.145. The van der Waals surface area contributed by atoms with Crippen LogP contribution < -0.4 is 11.3 Å². The van der Waals surface area contributed by atoms with Crippen molar-refractivity contribution >= 4 is 0 Å². The monoisotopic (exact) mass is 203 g/mol. The number of nitrogens with two attached hydrogens (primary N) is 1. The first-order valence-corrected chi connectivity index (χ1v) is 4.73. The van der Waals surface area contributed by atoms with E-state index in [1.165, 1.54) is 0 Å². The molecule has 0 aliphatic carbocycles. The van der Waals surface area contributed by atoms with Crippen molar-refractivity contribution in [2.75, 3.05) is 0 Å². The SMILES string of the molecule is Cc1ccoc1C(NN)c1cccnc1. The van der Waals surface area contributed by atoms with Gasteiger partial charge in [0.1, 0.15) is 11.8 Å². The maximum Gasteiger partial charge on any atom is 0.129 e. The molecule has 0 aromatic carbocycles. The molecule has 2 aromatic rings. The number of nitrogens with one attached hydrogen (secondary N) is 1. The topological polar surface area (TPSA) is 64.1 Å². The second-order valence-electron chi connectivity index (χ2n) is 3.35. The molecule has 1 atom stereocenters. The molecule has 0 bridgehead atoms. The van der Waals surface area contributed by atoms with Gasteiger partial charge >= 0.3 is 0 Å². The first-order chi connectivity index (χ1) is 7.33. The van der Waals surface area contributed by atoms with Gasteiger partial charge in [-0.1, -0.05) is 6.07 Å². The maximum atomic E-state index is 5.53. The molecule has 0 radical (unpaired) electrons. The summed E-state index contributed by atoms with van der Waals surface area (Å²) in [6.07, 6.45) is 5.16. The quantitative estimate of drug-likeness (QED) is 0.586. The molecule has 4 nitrogen and oxygen atoms in total. The van der Waals surface area contributed by atoms with E-state index < -0.39 is 0 Å². The standard InChI is InChI=1S/C11H13N3O/c1-8-4-6-15-11(8)10(14-12)9-3-2-5-13-7-9/h2-7,10,14H,12H2,1H3. The molecule has 2 heterocycles. The van der Waals surface area contributed by atoms with Gasteiger partial charge in [0.05, 0.1) is 6.26 Å². The summed E-state index contributed by atoms with van der Waals surface area (Å²) >= 11 is 0. The van der Waals surface area contributed by atoms with Crippen LogP contribution in [0.25, 0.3) is 0 Å².